The van der Waals surface area contributed by atoms with Crippen LogP contribution in [0.4, 0.5) is 4.79 Å². The lowest BCUT2D eigenvalue weighted by Gasteiger charge is -2.35. The lowest BCUT2D eigenvalue weighted by molar-refractivity contribution is -0.145. The van der Waals surface area contributed by atoms with Crippen molar-refractivity contribution >= 4 is 51.3 Å². The average molecular weight is 681 g/mol. The van der Waals surface area contributed by atoms with Gasteiger partial charge in [-0.15, -0.1) is 0 Å². The molecule has 0 aliphatic heterocycles. The number of ether oxygens (including phenoxy) is 2. The van der Waals surface area contributed by atoms with Crippen molar-refractivity contribution in [3.63, 3.8) is 0 Å². The molecule has 0 fully saturated rings. The van der Waals surface area contributed by atoms with E-state index in [9.17, 15) is 24.0 Å². The predicted octanol–water partition coefficient (Wildman–Crippen LogP) is 4.71. The summed E-state index contributed by atoms with van der Waals surface area (Å²) in [6.45, 7) is 9.60. The van der Waals surface area contributed by atoms with E-state index in [-0.39, 0.29) is 12.8 Å². The molecule has 0 radical (unpaired) electrons. The van der Waals surface area contributed by atoms with Gasteiger partial charge in [-0.1, -0.05) is 72.8 Å². The molecule has 4 aromatic rings. The van der Waals surface area contributed by atoms with Crippen LogP contribution < -0.4 is 21.3 Å². The molecular formula is C39H44N4O7. The summed E-state index contributed by atoms with van der Waals surface area (Å²) in [7, 11) is 1.24. The average Bonchev–Trinajstić information content (AvgIpc) is 3.21. The fourth-order valence-corrected chi connectivity index (χ4v) is 6.41. The molecule has 4 aromatic carbocycles. The lowest BCUT2D eigenvalue weighted by Crippen LogP contribution is -2.65. The van der Waals surface area contributed by atoms with E-state index in [2.05, 4.69) is 33.4 Å². The van der Waals surface area contributed by atoms with Crippen molar-refractivity contribution in [3.8, 4) is 11.1 Å². The number of hydrogen-bond acceptors (Lipinski definition) is 7. The highest BCUT2D eigenvalue weighted by molar-refractivity contribution is 6.09. The van der Waals surface area contributed by atoms with Gasteiger partial charge in [0.05, 0.1) is 7.11 Å². The first-order valence-corrected chi connectivity index (χ1v) is 16.6. The van der Waals surface area contributed by atoms with Gasteiger partial charge in [-0.25, -0.2) is 9.59 Å². The number of amides is 4. The van der Waals surface area contributed by atoms with Gasteiger partial charge in [0.15, 0.2) is 0 Å². The molecule has 4 N–H and O–H groups in total. The van der Waals surface area contributed by atoms with E-state index in [1.165, 1.54) is 27.9 Å². The standard InChI is InChI=1S/C39H44N4O7/c1-22(42-37(48)50-38(4,5)6)33(44)40-23(2)34(45)43-39(36(47)41-24(3)35(46)49-7)20-27-18-16-25-12-8-10-14-29(25)31(27)32-28(21-39)19-17-26-13-9-11-15-30(26)32/h8-19,22-24H,20-21H2,1-7H3,(H,40,44)(H,41,47)(H,42,48)(H,43,45)/t22-,23-,24-/m0/s1. The van der Waals surface area contributed by atoms with Gasteiger partial charge < -0.3 is 30.7 Å². The number of rotatable bonds is 8. The first kappa shape index (κ1) is 35.8. The topological polar surface area (TPSA) is 152 Å². The van der Waals surface area contributed by atoms with Crippen molar-refractivity contribution in [1.29, 1.82) is 0 Å². The fraction of sp³-hybridized carbons (Fsp3) is 0.359. The Labute approximate surface area is 291 Å². The van der Waals surface area contributed by atoms with Gasteiger partial charge in [0.1, 0.15) is 29.3 Å². The fourth-order valence-electron chi connectivity index (χ4n) is 6.41. The third-order valence-corrected chi connectivity index (χ3v) is 8.84. The van der Waals surface area contributed by atoms with Crippen molar-refractivity contribution in [2.75, 3.05) is 7.11 Å². The second kappa shape index (κ2) is 14.2. The Bertz CT molecular complexity index is 1900. The van der Waals surface area contributed by atoms with E-state index < -0.39 is 59.0 Å². The molecule has 11 nitrogen and oxygen atoms in total. The van der Waals surface area contributed by atoms with Gasteiger partial charge in [-0.3, -0.25) is 14.4 Å². The maximum atomic E-state index is 14.5. The Kier molecular flexibility index (Phi) is 10.2. The summed E-state index contributed by atoms with van der Waals surface area (Å²) in [6.07, 6.45) is -0.610. The van der Waals surface area contributed by atoms with E-state index >= 15 is 0 Å². The van der Waals surface area contributed by atoms with E-state index in [0.717, 1.165) is 43.8 Å². The minimum Gasteiger partial charge on any atom is -0.467 e. The van der Waals surface area contributed by atoms with Crippen LogP contribution in [-0.4, -0.2) is 66.2 Å². The monoisotopic (exact) mass is 680 g/mol. The van der Waals surface area contributed by atoms with E-state index in [0.29, 0.717) is 0 Å². The van der Waals surface area contributed by atoms with Crippen LogP contribution in [0.5, 0.6) is 0 Å². The Morgan fingerprint density at radius 3 is 1.66 bits per heavy atom. The second-order valence-corrected chi connectivity index (χ2v) is 13.9. The molecule has 0 spiro atoms. The van der Waals surface area contributed by atoms with E-state index in [1.54, 1.807) is 20.8 Å². The van der Waals surface area contributed by atoms with Crippen molar-refractivity contribution in [3.05, 3.63) is 83.9 Å². The van der Waals surface area contributed by atoms with Gasteiger partial charge >= 0.3 is 12.1 Å². The zero-order valence-electron chi connectivity index (χ0n) is 29.4. The Balaban J connectivity index is 1.56. The largest absolute Gasteiger partial charge is 0.467 e. The number of methoxy groups -OCH3 is 1. The summed E-state index contributed by atoms with van der Waals surface area (Å²) < 4.78 is 10.1. The van der Waals surface area contributed by atoms with Crippen LogP contribution in [0, 0.1) is 0 Å². The predicted molar refractivity (Wildman–Crippen MR) is 191 cm³/mol. The minimum atomic E-state index is -1.59. The normalized spacial score (nSPS) is 15.3. The molecule has 0 saturated carbocycles. The van der Waals surface area contributed by atoms with Crippen LogP contribution in [0.3, 0.4) is 0 Å². The van der Waals surface area contributed by atoms with Crippen molar-refractivity contribution in [2.45, 2.75) is 83.6 Å². The zero-order valence-corrected chi connectivity index (χ0v) is 29.4. The van der Waals surface area contributed by atoms with Gasteiger partial charge in [0.25, 0.3) is 0 Å². The molecule has 11 heteroatoms. The Morgan fingerprint density at radius 2 is 1.16 bits per heavy atom. The maximum Gasteiger partial charge on any atom is 0.408 e. The number of hydrogen-bond donors (Lipinski definition) is 4. The van der Waals surface area contributed by atoms with Crippen LogP contribution in [-0.2, 0) is 41.5 Å². The molecular weight excluding hydrogens is 636 g/mol. The maximum absolute atomic E-state index is 14.5. The molecule has 0 aromatic heterocycles. The summed E-state index contributed by atoms with van der Waals surface area (Å²) >= 11 is 0. The quantitative estimate of drug-likeness (QED) is 0.197. The zero-order chi connectivity index (χ0) is 36.4. The summed E-state index contributed by atoms with van der Waals surface area (Å²) in [5.74, 6) is -2.47. The van der Waals surface area contributed by atoms with E-state index in [1.807, 2.05) is 60.7 Å². The number of benzene rings is 4. The second-order valence-electron chi connectivity index (χ2n) is 13.9. The van der Waals surface area contributed by atoms with E-state index in [4.69, 9.17) is 9.47 Å². The highest BCUT2D eigenvalue weighted by Crippen LogP contribution is 2.44. The molecule has 1 aliphatic rings. The number of fused-ring (bicyclic) bond motifs is 7. The number of nitrogens with one attached hydrogen (secondary N) is 4. The molecule has 0 unspecified atom stereocenters. The molecule has 1 aliphatic carbocycles. The summed E-state index contributed by atoms with van der Waals surface area (Å²) in [6, 6.07) is 20.9. The molecule has 0 bridgehead atoms. The van der Waals surface area contributed by atoms with Crippen LogP contribution in [0.15, 0.2) is 72.8 Å². The van der Waals surface area contributed by atoms with Gasteiger partial charge in [-0.05, 0) is 85.3 Å². The third-order valence-electron chi connectivity index (χ3n) is 8.84. The minimum absolute atomic E-state index is 0.0823. The van der Waals surface area contributed by atoms with Gasteiger partial charge in [-0.2, -0.15) is 0 Å². The van der Waals surface area contributed by atoms with Crippen LogP contribution in [0.25, 0.3) is 32.7 Å². The van der Waals surface area contributed by atoms with Crippen molar-refractivity contribution in [1.82, 2.24) is 21.3 Å². The Morgan fingerprint density at radius 1 is 0.660 bits per heavy atom. The molecule has 50 heavy (non-hydrogen) atoms. The number of esters is 1. The third kappa shape index (κ3) is 7.56. The first-order valence-electron chi connectivity index (χ1n) is 16.6. The summed E-state index contributed by atoms with van der Waals surface area (Å²) in [5.41, 5.74) is 1.22. The first-order chi connectivity index (χ1) is 23.6. The van der Waals surface area contributed by atoms with Crippen LogP contribution >= 0.6 is 0 Å². The Hall–Kier alpha value is -5.45. The number of carbonyl (C=O) groups excluding carboxylic acids is 5. The van der Waals surface area contributed by atoms with Crippen LogP contribution in [0.2, 0.25) is 0 Å². The van der Waals surface area contributed by atoms with Gasteiger partial charge in [0.2, 0.25) is 17.7 Å². The lowest BCUT2D eigenvalue weighted by atomic mass is 9.84. The van der Waals surface area contributed by atoms with Crippen molar-refractivity contribution in [2.24, 2.45) is 0 Å². The SMILES string of the molecule is COC(=O)[C@H](C)NC(=O)C1(NC(=O)[C@H](C)NC(=O)[C@H](C)NC(=O)OC(C)(C)C)Cc2ccc3ccccc3c2-c2c(ccc3ccccc23)C1. The highest BCUT2D eigenvalue weighted by atomic mass is 16.6. The summed E-state index contributed by atoms with van der Waals surface area (Å²) in [4.78, 5) is 66.3. The molecule has 0 heterocycles. The molecule has 0 saturated heterocycles. The molecule has 5 rings (SSSR count). The van der Waals surface area contributed by atoms with Crippen molar-refractivity contribution < 1.29 is 33.4 Å². The highest BCUT2D eigenvalue weighted by Gasteiger charge is 2.45. The molecule has 262 valence electrons. The van der Waals surface area contributed by atoms with Crippen LogP contribution in [0.1, 0.15) is 52.7 Å². The van der Waals surface area contributed by atoms with Gasteiger partial charge in [0, 0.05) is 12.8 Å². The summed E-state index contributed by atoms with van der Waals surface area (Å²) in [5, 5.41) is 14.9. The smallest absolute Gasteiger partial charge is 0.408 e. The number of carbonyl (C=O) groups is 5. The number of alkyl carbamates (subject to hydrolysis) is 1. The molecule has 4 amide bonds. The molecule has 3 atom stereocenters.